The molecule has 0 aliphatic rings. The van der Waals surface area contributed by atoms with Gasteiger partial charge in [-0.2, -0.15) is 0 Å². The molecule has 3 N–H and O–H groups in total. The smallest absolute Gasteiger partial charge is 0.270 e. The molecule has 0 aliphatic carbocycles. The number of rotatable bonds is 6. The molecule has 0 aliphatic heterocycles. The minimum atomic E-state index is -3.81. The predicted molar refractivity (Wildman–Crippen MR) is 92.5 cm³/mol. The minimum Gasteiger partial charge on any atom is -0.355 e. The number of nitrogens with one attached hydrogen (secondary N) is 3. The lowest BCUT2D eigenvalue weighted by molar-refractivity contribution is -0.385. The molecule has 0 fully saturated rings. The van der Waals surface area contributed by atoms with Gasteiger partial charge in [0, 0.05) is 37.8 Å². The highest BCUT2D eigenvalue weighted by molar-refractivity contribution is 7.89. The maximum atomic E-state index is 12.1. The topological polar surface area (TPSA) is 126 Å². The molecule has 0 aromatic heterocycles. The van der Waals surface area contributed by atoms with Crippen molar-refractivity contribution in [3.05, 3.63) is 34.4 Å². The Hall–Kier alpha value is -2.20. The number of guanidine groups is 1. The molecular formula is C14H23N5O4S. The van der Waals surface area contributed by atoms with Gasteiger partial charge in [-0.15, -0.1) is 0 Å². The highest BCUT2D eigenvalue weighted by atomic mass is 32.2. The van der Waals surface area contributed by atoms with Crippen molar-refractivity contribution in [2.45, 2.75) is 31.2 Å². The molecule has 134 valence electrons. The second-order valence-electron chi connectivity index (χ2n) is 6.03. The van der Waals surface area contributed by atoms with Gasteiger partial charge in [0.05, 0.1) is 9.82 Å². The van der Waals surface area contributed by atoms with Gasteiger partial charge in [-0.3, -0.25) is 15.1 Å². The summed E-state index contributed by atoms with van der Waals surface area (Å²) in [6.07, 6.45) is 0. The summed E-state index contributed by atoms with van der Waals surface area (Å²) < 4.78 is 26.7. The van der Waals surface area contributed by atoms with Crippen molar-refractivity contribution in [3.8, 4) is 0 Å². The first kappa shape index (κ1) is 19.8. The fourth-order valence-electron chi connectivity index (χ4n) is 1.75. The van der Waals surface area contributed by atoms with Gasteiger partial charge in [-0.25, -0.2) is 13.1 Å². The van der Waals surface area contributed by atoms with Crippen LogP contribution in [0.5, 0.6) is 0 Å². The van der Waals surface area contributed by atoms with Crippen LogP contribution in [0, 0.1) is 10.1 Å². The lowest BCUT2D eigenvalue weighted by Gasteiger charge is -2.23. The van der Waals surface area contributed by atoms with E-state index in [1.54, 1.807) is 7.05 Å². The summed E-state index contributed by atoms with van der Waals surface area (Å²) in [4.78, 5) is 14.0. The zero-order valence-electron chi connectivity index (χ0n) is 14.2. The van der Waals surface area contributed by atoms with Gasteiger partial charge >= 0.3 is 0 Å². The van der Waals surface area contributed by atoms with E-state index in [0.717, 1.165) is 6.07 Å². The molecule has 0 heterocycles. The maximum absolute atomic E-state index is 12.1. The normalized spacial score (nSPS) is 12.8. The van der Waals surface area contributed by atoms with Gasteiger partial charge in [0.2, 0.25) is 10.0 Å². The molecule has 0 amide bonds. The number of aliphatic imine (C=N–C) groups is 1. The second kappa shape index (κ2) is 8.06. The number of nitrogens with zero attached hydrogens (tertiary/aromatic N) is 2. The number of nitro groups is 1. The van der Waals surface area contributed by atoms with Crippen LogP contribution in [0.3, 0.4) is 0 Å². The predicted octanol–water partition coefficient (Wildman–Crippen LogP) is 0.837. The molecule has 0 bridgehead atoms. The van der Waals surface area contributed by atoms with E-state index in [4.69, 9.17) is 0 Å². The maximum Gasteiger partial charge on any atom is 0.270 e. The number of sulfonamides is 1. The average molecular weight is 357 g/mol. The first-order valence-electron chi connectivity index (χ1n) is 7.28. The van der Waals surface area contributed by atoms with Crippen LogP contribution in [-0.4, -0.2) is 45.0 Å². The number of non-ortho nitro benzene ring substituents is 1. The van der Waals surface area contributed by atoms with Crippen LogP contribution in [0.2, 0.25) is 0 Å². The first-order chi connectivity index (χ1) is 11.0. The SMILES string of the molecule is CN=C(NCCNS(=O)(=O)c1cccc([N+](=O)[O-])c1)NC(C)(C)C. The average Bonchev–Trinajstić information content (AvgIpc) is 2.49. The first-order valence-corrected chi connectivity index (χ1v) is 8.76. The van der Waals surface area contributed by atoms with Crippen LogP contribution < -0.4 is 15.4 Å². The summed E-state index contributed by atoms with van der Waals surface area (Å²) >= 11 is 0. The van der Waals surface area contributed by atoms with Crippen LogP contribution in [0.15, 0.2) is 34.2 Å². The monoisotopic (exact) mass is 357 g/mol. The van der Waals surface area contributed by atoms with Gasteiger partial charge < -0.3 is 10.6 Å². The molecule has 24 heavy (non-hydrogen) atoms. The minimum absolute atomic E-state index is 0.107. The number of hydrogen-bond donors (Lipinski definition) is 3. The van der Waals surface area contributed by atoms with Crippen LogP contribution in [0.1, 0.15) is 20.8 Å². The molecule has 0 saturated carbocycles. The van der Waals surface area contributed by atoms with Gasteiger partial charge in [-0.1, -0.05) is 6.07 Å². The van der Waals surface area contributed by atoms with E-state index in [1.807, 2.05) is 20.8 Å². The third-order valence-electron chi connectivity index (χ3n) is 2.77. The summed E-state index contributed by atoms with van der Waals surface area (Å²) in [5.41, 5.74) is -0.449. The van der Waals surface area contributed by atoms with Crippen molar-refractivity contribution < 1.29 is 13.3 Å². The van der Waals surface area contributed by atoms with Crippen molar-refractivity contribution in [2.24, 2.45) is 4.99 Å². The van der Waals surface area contributed by atoms with E-state index >= 15 is 0 Å². The van der Waals surface area contributed by atoms with Crippen molar-refractivity contribution in [2.75, 3.05) is 20.1 Å². The number of benzene rings is 1. The molecule has 0 saturated heterocycles. The molecule has 0 radical (unpaired) electrons. The Bertz CT molecular complexity index is 710. The number of nitro benzene ring substituents is 1. The second-order valence-corrected chi connectivity index (χ2v) is 7.79. The quantitative estimate of drug-likeness (QED) is 0.228. The Balaban J connectivity index is 2.61. The molecular weight excluding hydrogens is 334 g/mol. The van der Waals surface area contributed by atoms with Crippen molar-refractivity contribution in [3.63, 3.8) is 0 Å². The largest absolute Gasteiger partial charge is 0.355 e. The van der Waals surface area contributed by atoms with Crippen molar-refractivity contribution >= 4 is 21.7 Å². The fourth-order valence-corrected chi connectivity index (χ4v) is 2.82. The van der Waals surface area contributed by atoms with Crippen molar-refractivity contribution in [1.82, 2.24) is 15.4 Å². The van der Waals surface area contributed by atoms with E-state index in [-0.39, 0.29) is 22.7 Å². The lowest BCUT2D eigenvalue weighted by atomic mass is 10.1. The molecule has 10 heteroatoms. The summed E-state index contributed by atoms with van der Waals surface area (Å²) in [5, 5.41) is 16.8. The number of hydrogen-bond acceptors (Lipinski definition) is 5. The standard InChI is InChI=1S/C14H23N5O4S/c1-14(2,3)18-13(15-4)16-8-9-17-24(22,23)12-7-5-6-11(10-12)19(20)21/h5-7,10,17H,8-9H2,1-4H3,(H2,15,16,18). The van der Waals surface area contributed by atoms with Gasteiger partial charge in [0.1, 0.15) is 0 Å². The van der Waals surface area contributed by atoms with Crippen molar-refractivity contribution in [1.29, 1.82) is 0 Å². The summed E-state index contributed by atoms with van der Waals surface area (Å²) in [5.74, 6) is 0.553. The lowest BCUT2D eigenvalue weighted by Crippen LogP contribution is -2.49. The molecule has 1 rings (SSSR count). The molecule has 1 aromatic rings. The Morgan fingerprint density at radius 1 is 1.29 bits per heavy atom. The van der Waals surface area contributed by atoms with E-state index in [0.29, 0.717) is 12.5 Å². The van der Waals surface area contributed by atoms with Crippen LogP contribution >= 0.6 is 0 Å². The van der Waals surface area contributed by atoms with E-state index in [1.165, 1.54) is 18.2 Å². The molecule has 0 unspecified atom stereocenters. The summed E-state index contributed by atoms with van der Waals surface area (Å²) in [6.45, 7) is 6.35. The Labute approximate surface area is 141 Å². The zero-order valence-corrected chi connectivity index (χ0v) is 15.0. The highest BCUT2D eigenvalue weighted by Crippen LogP contribution is 2.16. The summed E-state index contributed by atoms with van der Waals surface area (Å²) in [7, 11) is -2.19. The third-order valence-corrected chi connectivity index (χ3v) is 4.22. The van der Waals surface area contributed by atoms with Gasteiger partial charge in [0.25, 0.3) is 5.69 Å². The molecule has 1 aromatic carbocycles. The van der Waals surface area contributed by atoms with Crippen LogP contribution in [0.25, 0.3) is 0 Å². The molecule has 0 spiro atoms. The molecule has 9 nitrogen and oxygen atoms in total. The summed E-state index contributed by atoms with van der Waals surface area (Å²) in [6, 6.07) is 4.90. The van der Waals surface area contributed by atoms with Crippen LogP contribution in [0.4, 0.5) is 5.69 Å². The van der Waals surface area contributed by atoms with E-state index in [2.05, 4.69) is 20.3 Å². The van der Waals surface area contributed by atoms with E-state index < -0.39 is 14.9 Å². The van der Waals surface area contributed by atoms with Crippen LogP contribution in [-0.2, 0) is 10.0 Å². The van der Waals surface area contributed by atoms with Gasteiger partial charge in [0.15, 0.2) is 5.96 Å². The molecule has 0 atom stereocenters. The Morgan fingerprint density at radius 3 is 2.50 bits per heavy atom. The Kier molecular flexibility index (Phi) is 6.67. The Morgan fingerprint density at radius 2 is 1.96 bits per heavy atom. The zero-order chi connectivity index (χ0) is 18.4. The van der Waals surface area contributed by atoms with Gasteiger partial charge in [-0.05, 0) is 26.8 Å². The highest BCUT2D eigenvalue weighted by Gasteiger charge is 2.17. The fraction of sp³-hybridized carbons (Fsp3) is 0.500. The third kappa shape index (κ3) is 6.50. The van der Waals surface area contributed by atoms with E-state index in [9.17, 15) is 18.5 Å².